The van der Waals surface area contributed by atoms with Crippen molar-refractivity contribution in [2.45, 2.75) is 16.0 Å². The maximum absolute atomic E-state index is 13.2. The number of sulfonamides is 2. The van der Waals surface area contributed by atoms with Crippen LogP contribution >= 0.6 is 0 Å². The normalized spacial score (nSPS) is 12.8. The highest BCUT2D eigenvalue weighted by molar-refractivity contribution is 7.92. The molecule has 0 amide bonds. The highest BCUT2D eigenvalue weighted by Crippen LogP contribution is 2.33. The van der Waals surface area contributed by atoms with Gasteiger partial charge in [-0.15, -0.1) is 0 Å². The van der Waals surface area contributed by atoms with Crippen LogP contribution in [0.5, 0.6) is 0 Å². The maximum atomic E-state index is 13.2. The standard InChI is InChI=1S/C13H10F4N2O4S2/c14-12-5-4-10(7-11(12)13(15,16)17)25(22,23)19-8-2-1-3-9(6-8)24(18,20)21/h1-7,19H,(H2,18,20,21). The first kappa shape index (κ1) is 19.1. The first-order valence-electron chi connectivity index (χ1n) is 6.33. The molecule has 0 atom stereocenters. The lowest BCUT2D eigenvalue weighted by atomic mass is 10.2. The molecule has 0 fully saturated rings. The summed E-state index contributed by atoms with van der Waals surface area (Å²) >= 11 is 0. The molecule has 0 aromatic heterocycles. The van der Waals surface area contributed by atoms with Crippen LogP contribution in [-0.4, -0.2) is 16.8 Å². The molecule has 6 nitrogen and oxygen atoms in total. The zero-order chi connectivity index (χ0) is 19.0. The van der Waals surface area contributed by atoms with Crippen molar-refractivity contribution in [3.05, 3.63) is 53.8 Å². The number of alkyl halides is 3. The Labute approximate surface area is 140 Å². The van der Waals surface area contributed by atoms with E-state index < -0.39 is 47.4 Å². The number of rotatable bonds is 4. The molecular formula is C13H10F4N2O4S2. The van der Waals surface area contributed by atoms with Crippen molar-refractivity contribution in [1.29, 1.82) is 0 Å². The summed E-state index contributed by atoms with van der Waals surface area (Å²) in [5, 5.41) is 4.91. The molecule has 12 heteroatoms. The van der Waals surface area contributed by atoms with E-state index in [1.165, 1.54) is 12.1 Å². The van der Waals surface area contributed by atoms with Crippen molar-refractivity contribution in [3.8, 4) is 0 Å². The van der Waals surface area contributed by atoms with Gasteiger partial charge in [-0.05, 0) is 36.4 Å². The summed E-state index contributed by atoms with van der Waals surface area (Å²) in [5.41, 5.74) is -1.99. The van der Waals surface area contributed by atoms with E-state index in [0.29, 0.717) is 12.1 Å². The molecule has 0 radical (unpaired) electrons. The third-order valence-electron chi connectivity index (χ3n) is 2.97. The Balaban J connectivity index is 2.44. The maximum Gasteiger partial charge on any atom is 0.419 e. The number of anilines is 1. The van der Waals surface area contributed by atoms with Crippen molar-refractivity contribution in [2.24, 2.45) is 5.14 Å². The van der Waals surface area contributed by atoms with Gasteiger partial charge in [-0.25, -0.2) is 26.4 Å². The van der Waals surface area contributed by atoms with Crippen LogP contribution in [0.25, 0.3) is 0 Å². The second kappa shape index (κ2) is 6.28. The van der Waals surface area contributed by atoms with E-state index in [-0.39, 0.29) is 11.8 Å². The predicted molar refractivity (Wildman–Crippen MR) is 80.0 cm³/mol. The number of hydrogen-bond acceptors (Lipinski definition) is 4. The summed E-state index contributed by atoms with van der Waals surface area (Å²) < 4.78 is 100. The van der Waals surface area contributed by atoms with Crippen LogP contribution in [0.3, 0.4) is 0 Å². The van der Waals surface area contributed by atoms with Gasteiger partial charge in [-0.2, -0.15) is 13.2 Å². The van der Waals surface area contributed by atoms with Gasteiger partial charge in [-0.1, -0.05) is 6.07 Å². The monoisotopic (exact) mass is 398 g/mol. The third kappa shape index (κ3) is 4.46. The van der Waals surface area contributed by atoms with Crippen LogP contribution in [-0.2, 0) is 26.2 Å². The average molecular weight is 398 g/mol. The molecule has 25 heavy (non-hydrogen) atoms. The average Bonchev–Trinajstić information content (AvgIpc) is 2.45. The summed E-state index contributed by atoms with van der Waals surface area (Å²) in [6.07, 6.45) is -5.08. The van der Waals surface area contributed by atoms with Gasteiger partial charge < -0.3 is 0 Å². The van der Waals surface area contributed by atoms with E-state index in [1.807, 2.05) is 4.72 Å². The van der Waals surface area contributed by atoms with Gasteiger partial charge >= 0.3 is 6.18 Å². The molecule has 3 N–H and O–H groups in total. The van der Waals surface area contributed by atoms with Crippen molar-refractivity contribution in [2.75, 3.05) is 4.72 Å². The predicted octanol–water partition coefficient (Wildman–Crippen LogP) is 2.29. The molecule has 136 valence electrons. The Hall–Kier alpha value is -2.18. The highest BCUT2D eigenvalue weighted by atomic mass is 32.2. The minimum Gasteiger partial charge on any atom is -0.280 e. The molecule has 0 bridgehead atoms. The van der Waals surface area contributed by atoms with Gasteiger partial charge in [0.1, 0.15) is 5.82 Å². The van der Waals surface area contributed by atoms with E-state index in [9.17, 15) is 34.4 Å². The summed E-state index contributed by atoms with van der Waals surface area (Å²) in [5.74, 6) is -1.62. The number of benzene rings is 2. The summed E-state index contributed by atoms with van der Waals surface area (Å²) in [4.78, 5) is -1.25. The molecule has 2 aromatic rings. The third-order valence-corrected chi connectivity index (χ3v) is 5.26. The molecule has 0 aliphatic rings. The van der Waals surface area contributed by atoms with Gasteiger partial charge in [0.25, 0.3) is 10.0 Å². The van der Waals surface area contributed by atoms with E-state index in [1.54, 1.807) is 0 Å². The van der Waals surface area contributed by atoms with Crippen molar-refractivity contribution < 1.29 is 34.4 Å². The van der Waals surface area contributed by atoms with Crippen molar-refractivity contribution >= 4 is 25.7 Å². The van der Waals surface area contributed by atoms with Crippen LogP contribution in [0.15, 0.2) is 52.3 Å². The van der Waals surface area contributed by atoms with Crippen molar-refractivity contribution in [1.82, 2.24) is 0 Å². The van der Waals surface area contributed by atoms with Crippen LogP contribution in [0, 0.1) is 5.82 Å². The van der Waals surface area contributed by atoms with E-state index >= 15 is 0 Å². The lowest BCUT2D eigenvalue weighted by Gasteiger charge is -2.12. The van der Waals surface area contributed by atoms with Gasteiger partial charge in [0.05, 0.1) is 21.0 Å². The molecule has 0 saturated carbocycles. The zero-order valence-electron chi connectivity index (χ0n) is 12.1. The van der Waals surface area contributed by atoms with Gasteiger partial charge in [-0.3, -0.25) is 4.72 Å². The molecule has 0 aliphatic heterocycles. The molecule has 0 aliphatic carbocycles. The summed E-state index contributed by atoms with van der Waals surface area (Å²) in [7, 11) is -8.64. The molecule has 0 saturated heterocycles. The first-order chi connectivity index (χ1) is 11.3. The van der Waals surface area contributed by atoms with Gasteiger partial charge in [0, 0.05) is 0 Å². The fourth-order valence-corrected chi connectivity index (χ4v) is 3.47. The van der Waals surface area contributed by atoms with Crippen LogP contribution in [0.1, 0.15) is 5.56 Å². The minimum atomic E-state index is -5.08. The Morgan fingerprint density at radius 2 is 1.56 bits per heavy atom. The van der Waals surface area contributed by atoms with Gasteiger partial charge in [0.15, 0.2) is 0 Å². The number of halogens is 4. The SMILES string of the molecule is NS(=O)(=O)c1cccc(NS(=O)(=O)c2ccc(F)c(C(F)(F)F)c2)c1. The Bertz CT molecular complexity index is 1020. The number of primary sulfonamides is 1. The topological polar surface area (TPSA) is 106 Å². The smallest absolute Gasteiger partial charge is 0.280 e. The van der Waals surface area contributed by atoms with Crippen molar-refractivity contribution in [3.63, 3.8) is 0 Å². The number of nitrogens with two attached hydrogens (primary N) is 1. The molecule has 0 unspecified atom stereocenters. The fourth-order valence-electron chi connectivity index (χ4n) is 1.84. The molecular weight excluding hydrogens is 388 g/mol. The second-order valence-corrected chi connectivity index (χ2v) is 8.06. The van der Waals surface area contributed by atoms with E-state index in [0.717, 1.165) is 12.1 Å². The quantitative estimate of drug-likeness (QED) is 0.771. The van der Waals surface area contributed by atoms with Crippen LogP contribution < -0.4 is 9.86 Å². The highest BCUT2D eigenvalue weighted by Gasteiger charge is 2.35. The largest absolute Gasteiger partial charge is 0.419 e. The molecule has 0 heterocycles. The Kier molecular flexibility index (Phi) is 4.81. The Morgan fingerprint density at radius 3 is 2.12 bits per heavy atom. The second-order valence-electron chi connectivity index (χ2n) is 4.82. The van der Waals surface area contributed by atoms with E-state index in [2.05, 4.69) is 0 Å². The first-order valence-corrected chi connectivity index (χ1v) is 9.36. The lowest BCUT2D eigenvalue weighted by Crippen LogP contribution is -2.17. The molecule has 2 aromatic carbocycles. The van der Waals surface area contributed by atoms with Gasteiger partial charge in [0.2, 0.25) is 10.0 Å². The Morgan fingerprint density at radius 1 is 0.920 bits per heavy atom. The summed E-state index contributed by atoms with van der Waals surface area (Å²) in [6.45, 7) is 0. The fraction of sp³-hybridized carbons (Fsp3) is 0.0769. The molecule has 2 rings (SSSR count). The van der Waals surface area contributed by atoms with Crippen LogP contribution in [0.2, 0.25) is 0 Å². The summed E-state index contributed by atoms with van der Waals surface area (Å²) in [6, 6.07) is 5.51. The lowest BCUT2D eigenvalue weighted by molar-refractivity contribution is -0.140. The van der Waals surface area contributed by atoms with E-state index in [4.69, 9.17) is 5.14 Å². The number of nitrogens with one attached hydrogen (secondary N) is 1. The molecule has 0 spiro atoms. The number of hydrogen-bond donors (Lipinski definition) is 2. The van der Waals surface area contributed by atoms with Crippen LogP contribution in [0.4, 0.5) is 23.2 Å². The zero-order valence-corrected chi connectivity index (χ0v) is 13.7. The minimum absolute atomic E-state index is 0.140.